The number of carboxylic acids is 1. The molecule has 0 radical (unpaired) electrons. The summed E-state index contributed by atoms with van der Waals surface area (Å²) >= 11 is 0. The lowest BCUT2D eigenvalue weighted by Gasteiger charge is -2.28. The third-order valence-electron chi connectivity index (χ3n) is 3.29. The fraction of sp³-hybridized carbons (Fsp3) is 0.467. The number of carbonyl (C=O) groups is 2. The van der Waals surface area contributed by atoms with Crippen LogP contribution < -0.4 is 10.6 Å². The van der Waals surface area contributed by atoms with Gasteiger partial charge in [0.15, 0.2) is 6.04 Å². The molecule has 1 atom stereocenters. The zero-order chi connectivity index (χ0) is 15.9. The number of benzene rings is 1. The number of ether oxygens (including phenoxy) is 2. The Labute approximate surface area is 128 Å². The fourth-order valence-corrected chi connectivity index (χ4v) is 1.92. The number of hydrogen-bond donors (Lipinski definition) is 3. The summed E-state index contributed by atoms with van der Waals surface area (Å²) in [6.45, 7) is 3.35. The average Bonchev–Trinajstić information content (AvgIpc) is 2.42. The van der Waals surface area contributed by atoms with Crippen LogP contribution in [0.5, 0.6) is 0 Å². The summed E-state index contributed by atoms with van der Waals surface area (Å²) in [5.74, 6) is -1.15. The highest BCUT2D eigenvalue weighted by molar-refractivity contribution is 5.80. The van der Waals surface area contributed by atoms with Crippen LogP contribution in [0.25, 0.3) is 0 Å². The van der Waals surface area contributed by atoms with Crippen LogP contribution in [0.1, 0.15) is 11.1 Å². The standard InChI is InChI=1S/C15H20N2O5/c1-10-3-2-4-11(5-10)8-22-15(20)17-13(14(18)19)9-21-12-6-16-7-12/h2-5,12-13,16H,6-9H2,1H3,(H,17,20)(H,18,19). The molecule has 0 aromatic heterocycles. The molecule has 1 aliphatic rings. The van der Waals surface area contributed by atoms with Crippen molar-refractivity contribution in [2.24, 2.45) is 0 Å². The van der Waals surface area contributed by atoms with Gasteiger partial charge in [0.1, 0.15) is 6.61 Å². The first-order chi connectivity index (χ1) is 10.5. The van der Waals surface area contributed by atoms with Gasteiger partial charge >= 0.3 is 12.1 Å². The van der Waals surface area contributed by atoms with E-state index in [1.165, 1.54) is 0 Å². The van der Waals surface area contributed by atoms with Gasteiger partial charge in [-0.15, -0.1) is 0 Å². The Bertz CT molecular complexity index is 530. The van der Waals surface area contributed by atoms with Gasteiger partial charge in [0.25, 0.3) is 0 Å². The molecule has 0 saturated carbocycles. The maximum Gasteiger partial charge on any atom is 0.408 e. The molecule has 1 heterocycles. The average molecular weight is 308 g/mol. The van der Waals surface area contributed by atoms with Crippen LogP contribution >= 0.6 is 0 Å². The molecule has 120 valence electrons. The van der Waals surface area contributed by atoms with E-state index in [1.54, 1.807) is 0 Å². The Kier molecular flexibility index (Phi) is 5.74. The number of hydrogen-bond acceptors (Lipinski definition) is 5. The number of rotatable bonds is 7. The highest BCUT2D eigenvalue weighted by Crippen LogP contribution is 2.06. The molecule has 0 bridgehead atoms. The fourth-order valence-electron chi connectivity index (χ4n) is 1.92. The van der Waals surface area contributed by atoms with Crippen molar-refractivity contribution < 1.29 is 24.2 Å². The molecular formula is C15H20N2O5. The van der Waals surface area contributed by atoms with E-state index in [0.29, 0.717) is 13.1 Å². The number of alkyl carbamates (subject to hydrolysis) is 1. The number of aliphatic carboxylic acids is 1. The van der Waals surface area contributed by atoms with E-state index < -0.39 is 18.1 Å². The van der Waals surface area contributed by atoms with E-state index in [2.05, 4.69) is 10.6 Å². The van der Waals surface area contributed by atoms with E-state index >= 15 is 0 Å². The number of carboxylic acid groups (broad SMARTS) is 1. The molecule has 22 heavy (non-hydrogen) atoms. The van der Waals surface area contributed by atoms with Gasteiger partial charge < -0.3 is 25.2 Å². The molecule has 1 aliphatic heterocycles. The molecule has 1 aromatic rings. The van der Waals surface area contributed by atoms with E-state index in [4.69, 9.17) is 14.6 Å². The summed E-state index contributed by atoms with van der Waals surface area (Å²) in [7, 11) is 0. The minimum Gasteiger partial charge on any atom is -0.480 e. The maximum absolute atomic E-state index is 11.7. The lowest BCUT2D eigenvalue weighted by molar-refractivity contribution is -0.142. The maximum atomic E-state index is 11.7. The van der Waals surface area contributed by atoms with Gasteiger partial charge in [0.05, 0.1) is 12.7 Å². The Hall–Kier alpha value is -2.12. The van der Waals surface area contributed by atoms with Crippen LogP contribution in [0, 0.1) is 6.92 Å². The molecule has 0 spiro atoms. The van der Waals surface area contributed by atoms with Crippen molar-refractivity contribution in [2.45, 2.75) is 25.7 Å². The number of amides is 1. The van der Waals surface area contributed by atoms with Crippen LogP contribution in [0.15, 0.2) is 24.3 Å². The van der Waals surface area contributed by atoms with Crippen molar-refractivity contribution in [3.63, 3.8) is 0 Å². The topological polar surface area (TPSA) is 96.9 Å². The summed E-state index contributed by atoms with van der Waals surface area (Å²) in [5.41, 5.74) is 1.91. The molecule has 0 aliphatic carbocycles. The zero-order valence-electron chi connectivity index (χ0n) is 12.4. The SMILES string of the molecule is Cc1cccc(COC(=O)NC(COC2CNC2)C(=O)O)c1. The zero-order valence-corrected chi connectivity index (χ0v) is 12.4. The van der Waals surface area contributed by atoms with Gasteiger partial charge in [-0.1, -0.05) is 29.8 Å². The molecule has 1 saturated heterocycles. The first-order valence-corrected chi connectivity index (χ1v) is 7.08. The second-order valence-corrected chi connectivity index (χ2v) is 5.21. The Balaban J connectivity index is 1.76. The van der Waals surface area contributed by atoms with E-state index in [-0.39, 0.29) is 19.3 Å². The highest BCUT2D eigenvalue weighted by atomic mass is 16.5. The van der Waals surface area contributed by atoms with Crippen molar-refractivity contribution in [1.29, 1.82) is 0 Å². The van der Waals surface area contributed by atoms with Crippen LogP contribution in [0.3, 0.4) is 0 Å². The van der Waals surface area contributed by atoms with Gasteiger partial charge in [0, 0.05) is 13.1 Å². The summed E-state index contributed by atoms with van der Waals surface area (Å²) < 4.78 is 10.4. The number of carbonyl (C=O) groups excluding carboxylic acids is 1. The van der Waals surface area contributed by atoms with Crippen molar-refractivity contribution in [3.05, 3.63) is 35.4 Å². The second-order valence-electron chi connectivity index (χ2n) is 5.21. The lowest BCUT2D eigenvalue weighted by Crippen LogP contribution is -2.52. The largest absolute Gasteiger partial charge is 0.480 e. The Morgan fingerprint density at radius 3 is 2.82 bits per heavy atom. The predicted molar refractivity (Wildman–Crippen MR) is 78.5 cm³/mol. The minimum absolute atomic E-state index is 0.00645. The molecule has 1 unspecified atom stereocenters. The smallest absolute Gasteiger partial charge is 0.408 e. The molecule has 7 heteroatoms. The quantitative estimate of drug-likeness (QED) is 0.685. The summed E-state index contributed by atoms with van der Waals surface area (Å²) in [6.07, 6.45) is -0.767. The molecule has 7 nitrogen and oxygen atoms in total. The van der Waals surface area contributed by atoms with Gasteiger partial charge in [0.2, 0.25) is 0 Å². The second kappa shape index (κ2) is 7.77. The van der Waals surface area contributed by atoms with Gasteiger partial charge in [-0.05, 0) is 12.5 Å². The van der Waals surface area contributed by atoms with Crippen LogP contribution in [0.4, 0.5) is 4.79 Å². The van der Waals surface area contributed by atoms with Crippen molar-refractivity contribution in [2.75, 3.05) is 19.7 Å². The molecule has 2 rings (SSSR count). The summed E-state index contributed by atoms with van der Waals surface area (Å²) in [4.78, 5) is 22.8. The van der Waals surface area contributed by atoms with Gasteiger partial charge in [-0.25, -0.2) is 9.59 Å². The van der Waals surface area contributed by atoms with E-state index in [9.17, 15) is 9.59 Å². The summed E-state index contributed by atoms with van der Waals surface area (Å²) in [6, 6.07) is 6.42. The van der Waals surface area contributed by atoms with Gasteiger partial charge in [-0.2, -0.15) is 0 Å². The minimum atomic E-state index is -1.15. The molecule has 3 N–H and O–H groups in total. The molecule has 1 amide bonds. The predicted octanol–water partition coefficient (Wildman–Crippen LogP) is 0.663. The van der Waals surface area contributed by atoms with Crippen LogP contribution in [-0.2, 0) is 20.9 Å². The van der Waals surface area contributed by atoms with Crippen LogP contribution in [-0.4, -0.2) is 49.0 Å². The molecule has 1 fully saturated rings. The van der Waals surface area contributed by atoms with Gasteiger partial charge in [-0.3, -0.25) is 0 Å². The van der Waals surface area contributed by atoms with Crippen molar-refractivity contribution >= 4 is 12.1 Å². The lowest BCUT2D eigenvalue weighted by atomic mass is 10.1. The van der Waals surface area contributed by atoms with E-state index in [1.807, 2.05) is 31.2 Å². The first kappa shape index (κ1) is 16.3. The van der Waals surface area contributed by atoms with E-state index in [0.717, 1.165) is 11.1 Å². The molecular weight excluding hydrogens is 288 g/mol. The highest BCUT2D eigenvalue weighted by Gasteiger charge is 2.25. The molecule has 1 aromatic carbocycles. The monoisotopic (exact) mass is 308 g/mol. The van der Waals surface area contributed by atoms with Crippen LogP contribution in [0.2, 0.25) is 0 Å². The number of aryl methyl sites for hydroxylation is 1. The van der Waals surface area contributed by atoms with Crippen molar-refractivity contribution in [3.8, 4) is 0 Å². The third-order valence-corrected chi connectivity index (χ3v) is 3.29. The van der Waals surface area contributed by atoms with Crippen molar-refractivity contribution in [1.82, 2.24) is 10.6 Å². The summed E-state index contributed by atoms with van der Waals surface area (Å²) in [5, 5.41) is 14.4. The third kappa shape index (κ3) is 5.01. The first-order valence-electron chi connectivity index (χ1n) is 7.08. The Morgan fingerprint density at radius 1 is 1.45 bits per heavy atom. The number of nitrogens with one attached hydrogen (secondary N) is 2. The normalized spacial score (nSPS) is 15.7. The Morgan fingerprint density at radius 2 is 2.23 bits per heavy atom.